The van der Waals surface area contributed by atoms with E-state index in [1.54, 1.807) is 12.1 Å². The SMILES string of the molecule is COc1cccc(S(=O)(=O)N(C)Cc2ncn[nH]2)c1. The minimum atomic E-state index is -3.58. The summed E-state index contributed by atoms with van der Waals surface area (Å²) in [5, 5.41) is 6.30. The van der Waals surface area contributed by atoms with Crippen LogP contribution < -0.4 is 4.74 Å². The van der Waals surface area contributed by atoms with Crippen molar-refractivity contribution in [3.05, 3.63) is 36.4 Å². The molecule has 0 fully saturated rings. The van der Waals surface area contributed by atoms with E-state index in [0.717, 1.165) is 0 Å². The Labute approximate surface area is 111 Å². The van der Waals surface area contributed by atoms with Gasteiger partial charge in [0.15, 0.2) is 0 Å². The molecule has 0 bridgehead atoms. The largest absolute Gasteiger partial charge is 0.497 e. The second-order valence-corrected chi connectivity index (χ2v) is 5.92. The first-order chi connectivity index (χ1) is 9.04. The van der Waals surface area contributed by atoms with Gasteiger partial charge >= 0.3 is 0 Å². The van der Waals surface area contributed by atoms with Crippen LogP contribution in [0.1, 0.15) is 5.82 Å². The number of rotatable bonds is 5. The predicted molar refractivity (Wildman–Crippen MR) is 68.0 cm³/mol. The van der Waals surface area contributed by atoms with Crippen LogP contribution in [0.25, 0.3) is 0 Å². The van der Waals surface area contributed by atoms with Crippen LogP contribution >= 0.6 is 0 Å². The van der Waals surface area contributed by atoms with E-state index in [1.165, 1.54) is 36.9 Å². The molecule has 1 aromatic carbocycles. The average molecular weight is 282 g/mol. The Morgan fingerprint density at radius 1 is 1.42 bits per heavy atom. The van der Waals surface area contributed by atoms with E-state index in [1.807, 2.05) is 0 Å². The second-order valence-electron chi connectivity index (χ2n) is 3.87. The molecule has 2 aromatic rings. The van der Waals surface area contributed by atoms with Gasteiger partial charge in [-0.3, -0.25) is 5.10 Å². The van der Waals surface area contributed by atoms with Gasteiger partial charge in [-0.25, -0.2) is 13.4 Å². The van der Waals surface area contributed by atoms with Crippen LogP contribution in [0.5, 0.6) is 5.75 Å². The van der Waals surface area contributed by atoms with Crippen LogP contribution in [0.4, 0.5) is 0 Å². The van der Waals surface area contributed by atoms with Crippen molar-refractivity contribution in [3.8, 4) is 5.75 Å². The average Bonchev–Trinajstić information content (AvgIpc) is 2.91. The molecule has 0 saturated carbocycles. The summed E-state index contributed by atoms with van der Waals surface area (Å²) in [4.78, 5) is 4.07. The summed E-state index contributed by atoms with van der Waals surface area (Å²) in [6, 6.07) is 6.32. The lowest BCUT2D eigenvalue weighted by Gasteiger charge is -2.16. The first kappa shape index (κ1) is 13.5. The fraction of sp³-hybridized carbons (Fsp3) is 0.273. The van der Waals surface area contributed by atoms with Crippen LogP contribution in [0.2, 0.25) is 0 Å². The highest BCUT2D eigenvalue weighted by molar-refractivity contribution is 7.89. The molecular weight excluding hydrogens is 268 g/mol. The second kappa shape index (κ2) is 5.37. The third kappa shape index (κ3) is 2.91. The lowest BCUT2D eigenvalue weighted by atomic mass is 10.3. The molecule has 0 aliphatic carbocycles. The number of nitrogens with zero attached hydrogens (tertiary/aromatic N) is 3. The number of sulfonamides is 1. The maximum Gasteiger partial charge on any atom is 0.243 e. The molecule has 1 heterocycles. The molecule has 0 unspecified atom stereocenters. The van der Waals surface area contributed by atoms with E-state index in [4.69, 9.17) is 4.74 Å². The Balaban J connectivity index is 2.25. The van der Waals surface area contributed by atoms with Crippen molar-refractivity contribution in [1.82, 2.24) is 19.5 Å². The zero-order valence-electron chi connectivity index (χ0n) is 10.6. The van der Waals surface area contributed by atoms with E-state index in [0.29, 0.717) is 11.6 Å². The highest BCUT2D eigenvalue weighted by Crippen LogP contribution is 2.20. The summed E-state index contributed by atoms with van der Waals surface area (Å²) in [5.74, 6) is 0.975. The minimum absolute atomic E-state index is 0.125. The Kier molecular flexibility index (Phi) is 3.82. The summed E-state index contributed by atoms with van der Waals surface area (Å²) >= 11 is 0. The van der Waals surface area contributed by atoms with Crippen molar-refractivity contribution in [2.75, 3.05) is 14.2 Å². The van der Waals surface area contributed by atoms with Crippen molar-refractivity contribution in [3.63, 3.8) is 0 Å². The van der Waals surface area contributed by atoms with Crippen molar-refractivity contribution in [1.29, 1.82) is 0 Å². The van der Waals surface area contributed by atoms with E-state index in [-0.39, 0.29) is 11.4 Å². The van der Waals surface area contributed by atoms with E-state index in [2.05, 4.69) is 15.2 Å². The fourth-order valence-corrected chi connectivity index (χ4v) is 2.71. The van der Waals surface area contributed by atoms with E-state index in [9.17, 15) is 8.42 Å². The van der Waals surface area contributed by atoms with Crippen molar-refractivity contribution >= 4 is 10.0 Å². The van der Waals surface area contributed by atoms with Crippen LogP contribution in [-0.2, 0) is 16.6 Å². The minimum Gasteiger partial charge on any atom is -0.497 e. The molecule has 0 spiro atoms. The predicted octanol–water partition coefficient (Wildman–Crippen LogP) is 0.634. The molecule has 0 radical (unpaired) electrons. The molecule has 2 rings (SSSR count). The number of methoxy groups -OCH3 is 1. The smallest absolute Gasteiger partial charge is 0.243 e. The fourth-order valence-electron chi connectivity index (χ4n) is 1.54. The van der Waals surface area contributed by atoms with Gasteiger partial charge in [0.05, 0.1) is 18.6 Å². The number of H-pyrrole nitrogens is 1. The number of benzene rings is 1. The molecule has 19 heavy (non-hydrogen) atoms. The Bertz CT molecular complexity index is 640. The van der Waals surface area contributed by atoms with Crippen LogP contribution in [0.3, 0.4) is 0 Å². The van der Waals surface area contributed by atoms with Gasteiger partial charge in [0.1, 0.15) is 17.9 Å². The molecule has 102 valence electrons. The lowest BCUT2D eigenvalue weighted by Crippen LogP contribution is -2.27. The third-order valence-corrected chi connectivity index (χ3v) is 4.39. The van der Waals surface area contributed by atoms with Gasteiger partial charge in [0.25, 0.3) is 0 Å². The molecule has 0 aliphatic heterocycles. The zero-order chi connectivity index (χ0) is 13.9. The summed E-state index contributed by atoms with van der Waals surface area (Å²) in [6.07, 6.45) is 1.33. The van der Waals surface area contributed by atoms with Gasteiger partial charge in [0.2, 0.25) is 10.0 Å². The molecule has 1 N–H and O–H groups in total. The first-order valence-electron chi connectivity index (χ1n) is 5.48. The number of aromatic amines is 1. The number of hydrogen-bond donors (Lipinski definition) is 1. The maximum absolute atomic E-state index is 12.3. The molecule has 7 nitrogen and oxygen atoms in total. The lowest BCUT2D eigenvalue weighted by molar-refractivity contribution is 0.412. The Hall–Kier alpha value is -1.93. The first-order valence-corrected chi connectivity index (χ1v) is 6.92. The van der Waals surface area contributed by atoms with Crippen molar-refractivity contribution < 1.29 is 13.2 Å². The monoisotopic (exact) mass is 282 g/mol. The summed E-state index contributed by atoms with van der Waals surface area (Å²) in [6.45, 7) is 0.125. The Morgan fingerprint density at radius 3 is 2.84 bits per heavy atom. The normalized spacial score (nSPS) is 11.7. The topological polar surface area (TPSA) is 88.2 Å². The molecule has 0 aliphatic rings. The highest BCUT2D eigenvalue weighted by Gasteiger charge is 2.22. The van der Waals surface area contributed by atoms with Gasteiger partial charge in [-0.2, -0.15) is 9.40 Å². The molecule has 8 heteroatoms. The molecule has 0 amide bonds. The van der Waals surface area contributed by atoms with E-state index >= 15 is 0 Å². The van der Waals surface area contributed by atoms with Gasteiger partial charge in [-0.05, 0) is 12.1 Å². The standard InChI is InChI=1S/C11H14N4O3S/c1-15(7-11-12-8-13-14-11)19(16,17)10-5-3-4-9(6-10)18-2/h3-6,8H,7H2,1-2H3,(H,12,13,14). The van der Waals surface area contributed by atoms with Crippen molar-refractivity contribution in [2.45, 2.75) is 11.4 Å². The zero-order valence-corrected chi connectivity index (χ0v) is 11.4. The highest BCUT2D eigenvalue weighted by atomic mass is 32.2. The molecule has 0 atom stereocenters. The van der Waals surface area contributed by atoms with Gasteiger partial charge in [-0.1, -0.05) is 6.07 Å². The number of aromatic nitrogens is 3. The van der Waals surface area contributed by atoms with Gasteiger partial charge in [-0.15, -0.1) is 0 Å². The van der Waals surface area contributed by atoms with Gasteiger partial charge in [0, 0.05) is 13.1 Å². The Morgan fingerprint density at radius 2 is 2.21 bits per heavy atom. The molecule has 0 saturated heterocycles. The van der Waals surface area contributed by atoms with Crippen LogP contribution in [-0.4, -0.2) is 42.1 Å². The van der Waals surface area contributed by atoms with Crippen molar-refractivity contribution in [2.24, 2.45) is 0 Å². The molecule has 1 aromatic heterocycles. The third-order valence-electron chi connectivity index (χ3n) is 2.59. The summed E-state index contributed by atoms with van der Waals surface area (Å²) in [5.41, 5.74) is 0. The number of ether oxygens (including phenoxy) is 1. The van der Waals surface area contributed by atoms with Crippen LogP contribution in [0, 0.1) is 0 Å². The molecular formula is C11H14N4O3S. The quantitative estimate of drug-likeness (QED) is 0.869. The maximum atomic E-state index is 12.3. The number of nitrogens with one attached hydrogen (secondary N) is 1. The van der Waals surface area contributed by atoms with Gasteiger partial charge < -0.3 is 4.74 Å². The van der Waals surface area contributed by atoms with E-state index < -0.39 is 10.0 Å². The summed E-state index contributed by atoms with van der Waals surface area (Å²) in [7, 11) is -0.609. The van der Waals surface area contributed by atoms with Crippen LogP contribution in [0.15, 0.2) is 35.5 Å². The summed E-state index contributed by atoms with van der Waals surface area (Å²) < 4.78 is 30.9. The number of hydrogen-bond acceptors (Lipinski definition) is 5.